The molecule has 0 saturated carbocycles. The zero-order chi connectivity index (χ0) is 15.1. The van der Waals surface area contributed by atoms with Crippen molar-refractivity contribution < 1.29 is 4.79 Å². The number of nitrogens with zero attached hydrogens (tertiary/aromatic N) is 6. The predicted molar refractivity (Wildman–Crippen MR) is 78.9 cm³/mol. The Bertz CT molecular complexity index is 623. The molecule has 7 heteroatoms. The van der Waals surface area contributed by atoms with Crippen LogP contribution in [0.1, 0.15) is 44.7 Å². The van der Waals surface area contributed by atoms with Gasteiger partial charge in [-0.15, -0.1) is 0 Å². The summed E-state index contributed by atoms with van der Waals surface area (Å²) in [5, 5.41) is 12.7. The van der Waals surface area contributed by atoms with Crippen LogP contribution < -0.4 is 0 Å². The van der Waals surface area contributed by atoms with Gasteiger partial charge in [0.15, 0.2) is 0 Å². The summed E-state index contributed by atoms with van der Waals surface area (Å²) in [5.74, 6) is 0.183. The fourth-order valence-electron chi connectivity index (χ4n) is 3.95. The van der Waals surface area contributed by atoms with Crippen molar-refractivity contribution >= 4 is 5.91 Å². The molecule has 22 heavy (non-hydrogen) atoms. The highest BCUT2D eigenvalue weighted by Crippen LogP contribution is 2.41. The predicted octanol–water partition coefficient (Wildman–Crippen LogP) is 1.43. The lowest BCUT2D eigenvalue weighted by Crippen LogP contribution is -2.49. The lowest BCUT2D eigenvalue weighted by atomic mass is 9.97. The minimum atomic E-state index is -0.238. The molecule has 0 radical (unpaired) electrons. The van der Waals surface area contributed by atoms with E-state index >= 15 is 0 Å². The Hall–Kier alpha value is -2.18. The molecule has 2 aromatic heterocycles. The normalized spacial score (nSPS) is 28.8. The Kier molecular flexibility index (Phi) is 3.20. The summed E-state index contributed by atoms with van der Waals surface area (Å²) in [6.45, 7) is 1.93. The zero-order valence-corrected chi connectivity index (χ0v) is 12.6. The molecular formula is C15H20N6O. The summed E-state index contributed by atoms with van der Waals surface area (Å²) in [6, 6.07) is 2.54. The summed E-state index contributed by atoms with van der Waals surface area (Å²) in [6.07, 6.45) is 11.1. The molecular weight excluding hydrogens is 280 g/mol. The number of hydrogen-bond acceptors (Lipinski definition) is 4. The average molecular weight is 300 g/mol. The van der Waals surface area contributed by atoms with E-state index in [1.807, 2.05) is 24.0 Å². The third-order valence-corrected chi connectivity index (χ3v) is 5.00. The molecule has 3 unspecified atom stereocenters. The fourth-order valence-corrected chi connectivity index (χ4v) is 3.95. The monoisotopic (exact) mass is 300 g/mol. The molecule has 7 nitrogen and oxygen atoms in total. The highest BCUT2D eigenvalue weighted by Gasteiger charge is 2.45. The van der Waals surface area contributed by atoms with Crippen LogP contribution in [0.3, 0.4) is 0 Å². The number of carbonyl (C=O) groups is 1. The first kappa shape index (κ1) is 13.5. The van der Waals surface area contributed by atoms with Crippen LogP contribution in [-0.4, -0.2) is 47.7 Å². The van der Waals surface area contributed by atoms with Crippen LogP contribution >= 0.6 is 0 Å². The van der Waals surface area contributed by atoms with Gasteiger partial charge in [-0.25, -0.2) is 0 Å². The average Bonchev–Trinajstić information content (AvgIpc) is 3.26. The first-order valence-corrected chi connectivity index (χ1v) is 7.91. The molecule has 0 N–H and O–H groups in total. The zero-order valence-electron chi connectivity index (χ0n) is 12.6. The van der Waals surface area contributed by atoms with Crippen LogP contribution in [0.15, 0.2) is 30.9 Å². The molecule has 2 aliphatic rings. The number of aromatic nitrogens is 5. The first-order valence-electron chi connectivity index (χ1n) is 7.91. The number of piperidine rings is 1. The third kappa shape index (κ3) is 2.12. The van der Waals surface area contributed by atoms with E-state index < -0.39 is 0 Å². The van der Waals surface area contributed by atoms with Gasteiger partial charge in [0.1, 0.15) is 6.04 Å². The van der Waals surface area contributed by atoms with Gasteiger partial charge in [-0.3, -0.25) is 9.48 Å². The van der Waals surface area contributed by atoms with Crippen LogP contribution in [0, 0.1) is 0 Å². The van der Waals surface area contributed by atoms with Crippen molar-refractivity contribution in [1.82, 2.24) is 29.7 Å². The van der Waals surface area contributed by atoms with E-state index in [2.05, 4.69) is 20.2 Å². The van der Waals surface area contributed by atoms with Gasteiger partial charge in [0, 0.05) is 24.5 Å². The smallest absolute Gasteiger partial charge is 0.247 e. The summed E-state index contributed by atoms with van der Waals surface area (Å²) in [7, 11) is 0. The van der Waals surface area contributed by atoms with Gasteiger partial charge >= 0.3 is 0 Å². The molecule has 2 aliphatic heterocycles. The Labute approximate surface area is 128 Å². The highest BCUT2D eigenvalue weighted by atomic mass is 16.2. The van der Waals surface area contributed by atoms with E-state index in [1.54, 1.807) is 23.3 Å². The molecule has 3 atom stereocenters. The fraction of sp³-hybridized carbons (Fsp3) is 0.600. The summed E-state index contributed by atoms with van der Waals surface area (Å²) in [4.78, 5) is 16.8. The summed E-state index contributed by atoms with van der Waals surface area (Å²) in [5.41, 5.74) is 0. The number of carbonyl (C=O) groups excluding carboxylic acids is 1. The van der Waals surface area contributed by atoms with Crippen molar-refractivity contribution in [2.45, 2.75) is 56.8 Å². The molecule has 0 aliphatic carbocycles. The summed E-state index contributed by atoms with van der Waals surface area (Å²) >= 11 is 0. The maximum atomic E-state index is 12.9. The van der Waals surface area contributed by atoms with Gasteiger partial charge < -0.3 is 4.90 Å². The van der Waals surface area contributed by atoms with Gasteiger partial charge in [-0.1, -0.05) is 0 Å². The lowest BCUT2D eigenvalue weighted by molar-refractivity contribution is -0.139. The second kappa shape index (κ2) is 5.23. The molecule has 2 saturated heterocycles. The molecule has 0 aromatic carbocycles. The third-order valence-electron chi connectivity index (χ3n) is 5.00. The standard InChI is InChI=1S/C15H20N6O/c1-11(19-8-2-5-16-19)15(22)20-12-3-4-13(20)10-14(9-12)21-17-6-7-18-21/h2,5-8,11-14H,3-4,9-10H2,1H3. The van der Waals surface area contributed by atoms with E-state index in [0.29, 0.717) is 18.1 Å². The Morgan fingerprint density at radius 2 is 1.73 bits per heavy atom. The van der Waals surface area contributed by atoms with Crippen LogP contribution in [-0.2, 0) is 4.79 Å². The molecule has 2 bridgehead atoms. The minimum absolute atomic E-state index is 0.183. The molecule has 116 valence electrons. The van der Waals surface area contributed by atoms with Crippen LogP contribution in [0.2, 0.25) is 0 Å². The topological polar surface area (TPSA) is 68.8 Å². The molecule has 4 heterocycles. The maximum Gasteiger partial charge on any atom is 0.247 e. The first-order chi connectivity index (χ1) is 10.7. The van der Waals surface area contributed by atoms with Crippen LogP contribution in [0.25, 0.3) is 0 Å². The van der Waals surface area contributed by atoms with Gasteiger partial charge in [-0.05, 0) is 38.7 Å². The van der Waals surface area contributed by atoms with Crippen molar-refractivity contribution in [2.75, 3.05) is 0 Å². The van der Waals surface area contributed by atoms with Crippen molar-refractivity contribution in [1.29, 1.82) is 0 Å². The van der Waals surface area contributed by atoms with Crippen molar-refractivity contribution in [2.24, 2.45) is 0 Å². The molecule has 0 spiro atoms. The molecule has 1 amide bonds. The number of hydrogen-bond donors (Lipinski definition) is 0. The number of fused-ring (bicyclic) bond motifs is 2. The van der Waals surface area contributed by atoms with Gasteiger partial charge in [0.25, 0.3) is 0 Å². The van der Waals surface area contributed by atoms with Crippen molar-refractivity contribution in [3.63, 3.8) is 0 Å². The Morgan fingerprint density at radius 1 is 1.05 bits per heavy atom. The largest absolute Gasteiger partial charge is 0.335 e. The maximum absolute atomic E-state index is 12.9. The van der Waals surface area contributed by atoms with Crippen LogP contribution in [0.5, 0.6) is 0 Å². The van der Waals surface area contributed by atoms with E-state index in [-0.39, 0.29) is 11.9 Å². The van der Waals surface area contributed by atoms with E-state index in [0.717, 1.165) is 25.7 Å². The quantitative estimate of drug-likeness (QED) is 0.860. The van der Waals surface area contributed by atoms with Gasteiger partial charge in [-0.2, -0.15) is 20.1 Å². The van der Waals surface area contributed by atoms with E-state index in [4.69, 9.17) is 0 Å². The van der Waals surface area contributed by atoms with Crippen molar-refractivity contribution in [3.8, 4) is 0 Å². The molecule has 2 aromatic rings. The van der Waals surface area contributed by atoms with Gasteiger partial charge in [0.2, 0.25) is 5.91 Å². The SMILES string of the molecule is CC(C(=O)N1C2CCC1CC(n1nccn1)C2)n1cccn1. The van der Waals surface area contributed by atoms with Crippen molar-refractivity contribution in [3.05, 3.63) is 30.9 Å². The second-order valence-corrected chi connectivity index (χ2v) is 6.27. The lowest BCUT2D eigenvalue weighted by Gasteiger charge is -2.39. The number of amides is 1. The van der Waals surface area contributed by atoms with E-state index in [9.17, 15) is 4.79 Å². The minimum Gasteiger partial charge on any atom is -0.335 e. The number of rotatable bonds is 3. The van der Waals surface area contributed by atoms with E-state index in [1.165, 1.54) is 0 Å². The van der Waals surface area contributed by atoms with Gasteiger partial charge in [0.05, 0.1) is 18.4 Å². The Morgan fingerprint density at radius 3 is 2.32 bits per heavy atom. The highest BCUT2D eigenvalue weighted by molar-refractivity contribution is 5.81. The molecule has 4 rings (SSSR count). The van der Waals surface area contributed by atoms with Crippen LogP contribution in [0.4, 0.5) is 0 Å². The second-order valence-electron chi connectivity index (χ2n) is 6.27. The summed E-state index contributed by atoms with van der Waals surface area (Å²) < 4.78 is 1.74. The Balaban J connectivity index is 1.52. The molecule has 2 fully saturated rings.